The normalized spacial score (nSPS) is 18.8. The molecule has 5 heteroatoms. The van der Waals surface area contributed by atoms with E-state index in [9.17, 15) is 0 Å². The third kappa shape index (κ3) is 3.70. The summed E-state index contributed by atoms with van der Waals surface area (Å²) in [4.78, 5) is 7.21. The van der Waals surface area contributed by atoms with Crippen LogP contribution in [0.2, 0.25) is 0 Å². The van der Waals surface area contributed by atoms with Crippen molar-refractivity contribution in [3.05, 3.63) is 66.5 Å². The molecular formula is C24H28N4S. The topological polar surface area (TPSA) is 36.0 Å². The number of nitrogens with zero attached hydrogens (tertiary/aromatic N) is 2. The van der Waals surface area contributed by atoms with E-state index in [2.05, 4.69) is 87.9 Å². The number of aromatic amines is 1. The molecule has 1 fully saturated rings. The molecule has 150 valence electrons. The summed E-state index contributed by atoms with van der Waals surface area (Å²) in [5.74, 6) is 0.774. The minimum absolute atomic E-state index is 0.382. The number of H-pyrrole nitrogens is 1. The van der Waals surface area contributed by atoms with Crippen molar-refractivity contribution in [1.82, 2.24) is 19.2 Å². The summed E-state index contributed by atoms with van der Waals surface area (Å²) < 4.78 is 5.94. The zero-order chi connectivity index (χ0) is 19.8. The van der Waals surface area contributed by atoms with E-state index in [0.717, 1.165) is 12.5 Å². The summed E-state index contributed by atoms with van der Waals surface area (Å²) in [7, 11) is 2.16. The Kier molecular flexibility index (Phi) is 5.12. The molecule has 29 heavy (non-hydrogen) atoms. The highest BCUT2D eigenvalue weighted by molar-refractivity contribution is 7.97. The monoisotopic (exact) mass is 404 g/mol. The second-order valence-electron chi connectivity index (χ2n) is 8.29. The van der Waals surface area contributed by atoms with Gasteiger partial charge in [-0.15, -0.1) is 0 Å². The van der Waals surface area contributed by atoms with Crippen LogP contribution in [0.25, 0.3) is 21.8 Å². The Morgan fingerprint density at radius 3 is 2.97 bits per heavy atom. The summed E-state index contributed by atoms with van der Waals surface area (Å²) in [5, 5.41) is 2.63. The Morgan fingerprint density at radius 1 is 1.21 bits per heavy atom. The van der Waals surface area contributed by atoms with Gasteiger partial charge in [-0.3, -0.25) is 9.62 Å². The SMILES string of the molecule is CC1CCN(C(CNSc2ccc3cc[nH]c3c2)c2cn(C)c3ccccc23)C1. The molecule has 0 bridgehead atoms. The summed E-state index contributed by atoms with van der Waals surface area (Å²) in [6, 6.07) is 17.9. The number of fused-ring (bicyclic) bond motifs is 2. The molecule has 2 unspecified atom stereocenters. The fourth-order valence-corrected chi connectivity index (χ4v) is 5.34. The number of aryl methyl sites for hydroxylation is 1. The lowest BCUT2D eigenvalue weighted by Gasteiger charge is -2.28. The van der Waals surface area contributed by atoms with E-state index in [0.29, 0.717) is 6.04 Å². The summed E-state index contributed by atoms with van der Waals surface area (Å²) >= 11 is 1.73. The molecular weight excluding hydrogens is 376 g/mol. The van der Waals surface area contributed by atoms with Crippen LogP contribution in [0.15, 0.2) is 65.8 Å². The molecule has 4 nitrogen and oxygen atoms in total. The third-order valence-electron chi connectivity index (χ3n) is 6.18. The van der Waals surface area contributed by atoms with Crippen molar-refractivity contribution in [3.8, 4) is 0 Å². The molecule has 2 N–H and O–H groups in total. The largest absolute Gasteiger partial charge is 0.361 e. The number of para-hydroxylation sites is 1. The van der Waals surface area contributed by atoms with Crippen LogP contribution in [-0.2, 0) is 7.05 Å². The van der Waals surface area contributed by atoms with Crippen LogP contribution in [-0.4, -0.2) is 34.1 Å². The molecule has 2 atom stereocenters. The Balaban J connectivity index is 1.38. The first-order valence-electron chi connectivity index (χ1n) is 10.4. The summed E-state index contributed by atoms with van der Waals surface area (Å²) in [6.07, 6.45) is 5.62. The maximum Gasteiger partial charge on any atom is 0.0503 e. The molecule has 1 aliphatic rings. The molecule has 2 aromatic carbocycles. The number of nitrogens with one attached hydrogen (secondary N) is 2. The molecule has 0 aliphatic carbocycles. The molecule has 4 aromatic rings. The van der Waals surface area contributed by atoms with Gasteiger partial charge in [0.2, 0.25) is 0 Å². The quantitative estimate of drug-likeness (QED) is 0.426. The van der Waals surface area contributed by atoms with Gasteiger partial charge in [0, 0.05) is 53.8 Å². The Labute approximate surface area is 176 Å². The average molecular weight is 405 g/mol. The van der Waals surface area contributed by atoms with Gasteiger partial charge in [0.25, 0.3) is 0 Å². The lowest BCUT2D eigenvalue weighted by molar-refractivity contribution is 0.241. The Morgan fingerprint density at radius 2 is 2.10 bits per heavy atom. The highest BCUT2D eigenvalue weighted by Gasteiger charge is 2.29. The van der Waals surface area contributed by atoms with Crippen LogP contribution in [0.3, 0.4) is 0 Å². The van der Waals surface area contributed by atoms with Crippen molar-refractivity contribution >= 4 is 33.8 Å². The van der Waals surface area contributed by atoms with Crippen LogP contribution in [0.5, 0.6) is 0 Å². The Hall–Kier alpha value is -2.21. The van der Waals surface area contributed by atoms with Crippen LogP contribution in [0.4, 0.5) is 0 Å². The van der Waals surface area contributed by atoms with Crippen LogP contribution >= 0.6 is 11.9 Å². The predicted molar refractivity (Wildman–Crippen MR) is 123 cm³/mol. The van der Waals surface area contributed by atoms with Gasteiger partial charge in [-0.25, -0.2) is 0 Å². The first-order valence-corrected chi connectivity index (χ1v) is 11.3. The fourth-order valence-electron chi connectivity index (χ4n) is 4.62. The van der Waals surface area contributed by atoms with Crippen LogP contribution in [0, 0.1) is 5.92 Å². The van der Waals surface area contributed by atoms with E-state index in [1.165, 1.54) is 51.8 Å². The van der Waals surface area contributed by atoms with E-state index >= 15 is 0 Å². The lowest BCUT2D eigenvalue weighted by atomic mass is 10.0. The molecule has 1 aliphatic heterocycles. The third-order valence-corrected chi connectivity index (χ3v) is 6.98. The van der Waals surface area contributed by atoms with Crippen LogP contribution < -0.4 is 4.72 Å². The standard InChI is InChI=1S/C24H28N4S/c1-17-10-12-28(15-17)24(21-16-27(2)23-6-4-3-5-20(21)23)14-26-29-19-8-7-18-9-11-25-22(18)13-19/h3-9,11,13,16-17,24-26H,10,12,14-15H2,1-2H3. The second kappa shape index (κ2) is 7.90. The van der Waals surface area contributed by atoms with Gasteiger partial charge in [0.1, 0.15) is 0 Å². The zero-order valence-electron chi connectivity index (χ0n) is 17.1. The molecule has 2 aromatic heterocycles. The molecule has 1 saturated heterocycles. The zero-order valence-corrected chi connectivity index (χ0v) is 17.9. The number of benzene rings is 2. The smallest absolute Gasteiger partial charge is 0.0503 e. The maximum atomic E-state index is 3.67. The van der Waals surface area contributed by atoms with Crippen LogP contribution in [0.1, 0.15) is 24.9 Å². The van der Waals surface area contributed by atoms with Gasteiger partial charge in [0.05, 0.1) is 6.04 Å². The minimum Gasteiger partial charge on any atom is -0.361 e. The lowest BCUT2D eigenvalue weighted by Crippen LogP contribution is -2.32. The van der Waals surface area contributed by atoms with Gasteiger partial charge >= 0.3 is 0 Å². The van der Waals surface area contributed by atoms with Crippen molar-refractivity contribution in [1.29, 1.82) is 0 Å². The van der Waals surface area contributed by atoms with Crippen molar-refractivity contribution in [2.45, 2.75) is 24.3 Å². The number of likely N-dealkylation sites (tertiary alicyclic amines) is 1. The van der Waals surface area contributed by atoms with E-state index in [-0.39, 0.29) is 0 Å². The van der Waals surface area contributed by atoms with Crippen molar-refractivity contribution in [2.75, 3.05) is 19.6 Å². The average Bonchev–Trinajstić information content (AvgIpc) is 3.45. The van der Waals surface area contributed by atoms with E-state index < -0.39 is 0 Å². The molecule has 0 saturated carbocycles. The molecule has 5 rings (SSSR count). The van der Waals surface area contributed by atoms with Gasteiger partial charge in [-0.2, -0.15) is 0 Å². The fraction of sp³-hybridized carbons (Fsp3) is 0.333. The Bertz CT molecular complexity index is 1130. The number of hydrogen-bond acceptors (Lipinski definition) is 3. The summed E-state index contributed by atoms with van der Waals surface area (Å²) in [5.41, 5.74) is 3.94. The maximum absolute atomic E-state index is 3.67. The van der Waals surface area contributed by atoms with Gasteiger partial charge in [0.15, 0.2) is 0 Å². The predicted octanol–water partition coefficient (Wildman–Crippen LogP) is 5.34. The van der Waals surface area contributed by atoms with Gasteiger partial charge in [-0.05, 0) is 66.0 Å². The number of rotatable bonds is 6. The van der Waals surface area contributed by atoms with Crippen molar-refractivity contribution in [3.63, 3.8) is 0 Å². The number of hydrogen-bond donors (Lipinski definition) is 2. The van der Waals surface area contributed by atoms with Gasteiger partial charge < -0.3 is 9.55 Å². The van der Waals surface area contributed by atoms with Crippen molar-refractivity contribution in [2.24, 2.45) is 13.0 Å². The minimum atomic E-state index is 0.382. The summed E-state index contributed by atoms with van der Waals surface area (Å²) in [6.45, 7) is 5.65. The first kappa shape index (κ1) is 18.8. The second-order valence-corrected chi connectivity index (χ2v) is 9.26. The van der Waals surface area contributed by atoms with E-state index in [1.807, 2.05) is 6.20 Å². The molecule has 3 heterocycles. The van der Waals surface area contributed by atoms with Crippen molar-refractivity contribution < 1.29 is 0 Å². The highest BCUT2D eigenvalue weighted by atomic mass is 32.2. The first-order chi connectivity index (χ1) is 14.2. The van der Waals surface area contributed by atoms with E-state index in [1.54, 1.807) is 11.9 Å². The number of aromatic nitrogens is 2. The van der Waals surface area contributed by atoms with Gasteiger partial charge in [-0.1, -0.05) is 31.2 Å². The van der Waals surface area contributed by atoms with E-state index in [4.69, 9.17) is 0 Å². The molecule has 0 radical (unpaired) electrons. The highest BCUT2D eigenvalue weighted by Crippen LogP contribution is 2.33. The molecule has 0 amide bonds. The molecule has 0 spiro atoms.